The minimum Gasteiger partial charge on any atom is -0.478 e. The molecule has 2 aromatic carbocycles. The normalized spacial score (nSPS) is 15.1. The summed E-state index contributed by atoms with van der Waals surface area (Å²) in [5.41, 5.74) is 4.01. The predicted molar refractivity (Wildman–Crippen MR) is 333 cm³/mol. The largest absolute Gasteiger partial charge is 0.478 e. The smallest absolute Gasteiger partial charge is 0.412 e. The molecule has 2 amide bonds. The molecule has 0 atom stereocenters. The van der Waals surface area contributed by atoms with E-state index in [2.05, 4.69) is 76.1 Å². The molecule has 10 rings (SSSR count). The van der Waals surface area contributed by atoms with Gasteiger partial charge in [-0.15, -0.1) is 0 Å². The van der Waals surface area contributed by atoms with Gasteiger partial charge < -0.3 is 52.8 Å². The van der Waals surface area contributed by atoms with Gasteiger partial charge in [0.25, 0.3) is 0 Å². The van der Waals surface area contributed by atoms with Crippen LogP contribution in [0.4, 0.5) is 38.4 Å². The van der Waals surface area contributed by atoms with Crippen molar-refractivity contribution in [2.45, 2.75) is 65.6 Å². The van der Waals surface area contributed by atoms with E-state index in [0.717, 1.165) is 107 Å². The lowest BCUT2D eigenvalue weighted by atomic mass is 9.99. The molecule has 3 aliphatic heterocycles. The molecule has 5 aromatic heterocycles. The Morgan fingerprint density at radius 1 is 0.477 bits per heavy atom. The third kappa shape index (κ3) is 18.5. The number of piperazine rings is 3. The van der Waals surface area contributed by atoms with Crippen LogP contribution in [0.25, 0.3) is 22.6 Å². The standard InChI is InChI=1S/2C27H32N4O4.C11H15N3O2/c2*1-27(2,3)35-26(33)29-22-9-7-19(24-6-5-15-34-24)16-21(22)17-23(32)20-8-10-25(28-18-20)31-13-11-30(4)12-14-31;1-13-4-6-14(7-5-13)10-3-2-9(8-12-10)11(15)16/h2*5-10,15-16,18H,11-14,17H2,1-4H3,(H,29,33);2-3,8H,4-7H2,1H3,(H,15,16). The maximum atomic E-state index is 13.2. The first-order chi connectivity index (χ1) is 41.0. The first kappa shape index (κ1) is 63.1. The molecule has 0 unspecified atom stereocenters. The van der Waals surface area contributed by atoms with Crippen molar-refractivity contribution >= 4 is 58.6 Å². The zero-order valence-electron chi connectivity index (χ0n) is 50.7. The third-order valence-electron chi connectivity index (χ3n) is 14.4. The van der Waals surface area contributed by atoms with Crippen molar-refractivity contribution in [3.8, 4) is 22.6 Å². The molecule has 86 heavy (non-hydrogen) atoms. The van der Waals surface area contributed by atoms with E-state index in [1.165, 1.54) is 6.20 Å². The van der Waals surface area contributed by atoms with Gasteiger partial charge in [-0.3, -0.25) is 20.2 Å². The van der Waals surface area contributed by atoms with E-state index in [1.807, 2.05) is 60.7 Å². The molecule has 0 bridgehead atoms. The fourth-order valence-corrected chi connectivity index (χ4v) is 9.58. The molecule has 0 spiro atoms. The maximum Gasteiger partial charge on any atom is 0.412 e. The van der Waals surface area contributed by atoms with Crippen LogP contribution < -0.4 is 25.3 Å². The summed E-state index contributed by atoms with van der Waals surface area (Å²) in [7, 11) is 6.32. The second-order valence-corrected chi connectivity index (χ2v) is 23.5. The number of anilines is 5. The number of hydrogen-bond acceptors (Lipinski definition) is 18. The number of Topliss-reactive ketones (excluding diaryl/α,β-unsaturated/α-hetero) is 2. The van der Waals surface area contributed by atoms with Gasteiger partial charge in [-0.1, -0.05) is 0 Å². The number of furan rings is 2. The molecule has 3 N–H and O–H groups in total. The number of carboxylic acids is 1. The number of benzene rings is 2. The quantitative estimate of drug-likeness (QED) is 0.0859. The maximum absolute atomic E-state index is 13.2. The predicted octanol–water partition coefficient (Wildman–Crippen LogP) is 10.3. The lowest BCUT2D eigenvalue weighted by Crippen LogP contribution is -2.44. The van der Waals surface area contributed by atoms with Gasteiger partial charge in [0.05, 0.1) is 18.1 Å². The monoisotopic (exact) mass is 1170 g/mol. The first-order valence-electron chi connectivity index (χ1n) is 28.8. The topological polar surface area (TPSA) is 232 Å². The molecule has 7 aromatic rings. The number of nitrogens with one attached hydrogen (secondary N) is 2. The Labute approximate surface area is 502 Å². The van der Waals surface area contributed by atoms with Crippen LogP contribution in [0.2, 0.25) is 0 Å². The summed E-state index contributed by atoms with van der Waals surface area (Å²) >= 11 is 0. The molecule has 3 aliphatic rings. The minimum absolute atomic E-state index is 0.0914. The Morgan fingerprint density at radius 2 is 0.814 bits per heavy atom. The van der Waals surface area contributed by atoms with Gasteiger partial charge in [0.1, 0.15) is 40.2 Å². The summed E-state index contributed by atoms with van der Waals surface area (Å²) < 4.78 is 21.8. The number of carbonyl (C=O) groups is 5. The molecule has 8 heterocycles. The molecule has 454 valence electrons. The van der Waals surface area contributed by atoms with Crippen LogP contribution >= 0.6 is 0 Å². The summed E-state index contributed by atoms with van der Waals surface area (Å²) in [4.78, 5) is 88.6. The van der Waals surface area contributed by atoms with Crippen LogP contribution in [0.5, 0.6) is 0 Å². The van der Waals surface area contributed by atoms with Crippen molar-refractivity contribution in [2.75, 3.05) is 125 Å². The van der Waals surface area contributed by atoms with Crippen molar-refractivity contribution in [3.63, 3.8) is 0 Å². The number of pyridine rings is 3. The Bertz CT molecular complexity index is 3170. The van der Waals surface area contributed by atoms with E-state index in [-0.39, 0.29) is 30.0 Å². The molecule has 3 fully saturated rings. The van der Waals surface area contributed by atoms with E-state index in [1.54, 1.807) is 103 Å². The van der Waals surface area contributed by atoms with Crippen LogP contribution in [0.3, 0.4) is 0 Å². The lowest BCUT2D eigenvalue weighted by Gasteiger charge is -2.33. The zero-order chi connectivity index (χ0) is 61.5. The Morgan fingerprint density at radius 3 is 1.09 bits per heavy atom. The second kappa shape index (κ2) is 28.8. The summed E-state index contributed by atoms with van der Waals surface area (Å²) in [5.74, 6) is 2.86. The van der Waals surface area contributed by atoms with Gasteiger partial charge in [-0.25, -0.2) is 29.3 Å². The molecule has 3 saturated heterocycles. The van der Waals surface area contributed by atoms with E-state index < -0.39 is 29.4 Å². The number of likely N-dealkylation sites (N-methyl/N-ethyl adjacent to an activating group) is 3. The van der Waals surface area contributed by atoms with E-state index in [4.69, 9.17) is 23.4 Å². The lowest BCUT2D eigenvalue weighted by molar-refractivity contribution is 0.0624. The number of amides is 2. The average Bonchev–Trinajstić information content (AvgIpc) is 3.03. The highest BCUT2D eigenvalue weighted by Crippen LogP contribution is 2.30. The average molecular weight is 1170 g/mol. The van der Waals surface area contributed by atoms with Crippen LogP contribution in [0, 0.1) is 0 Å². The van der Waals surface area contributed by atoms with E-state index in [9.17, 15) is 24.0 Å². The van der Waals surface area contributed by atoms with Gasteiger partial charge in [0.2, 0.25) is 0 Å². The van der Waals surface area contributed by atoms with Crippen molar-refractivity contribution in [3.05, 3.63) is 156 Å². The zero-order valence-corrected chi connectivity index (χ0v) is 50.7. The number of ether oxygens (including phenoxy) is 2. The Kier molecular flexibility index (Phi) is 21.1. The highest BCUT2D eigenvalue weighted by Gasteiger charge is 2.24. The number of carboxylic acid groups (broad SMARTS) is 1. The minimum atomic E-state index is -0.933. The number of carbonyl (C=O) groups excluding carboxylic acids is 4. The van der Waals surface area contributed by atoms with Gasteiger partial charge in [0.15, 0.2) is 11.6 Å². The summed E-state index contributed by atoms with van der Waals surface area (Å²) in [6.45, 7) is 22.3. The Hall–Kier alpha value is -8.92. The van der Waals surface area contributed by atoms with Gasteiger partial charge >= 0.3 is 18.2 Å². The molecular weight excluding hydrogens is 1090 g/mol. The molecule has 0 aliphatic carbocycles. The van der Waals surface area contributed by atoms with Crippen molar-refractivity contribution in [1.82, 2.24) is 29.7 Å². The number of hydrogen-bond donors (Lipinski definition) is 3. The van der Waals surface area contributed by atoms with Gasteiger partial charge in [0, 0.05) is 144 Å². The molecule has 21 nitrogen and oxygen atoms in total. The van der Waals surface area contributed by atoms with Gasteiger partial charge in [-0.05, 0) is 171 Å². The molecule has 21 heteroatoms. The summed E-state index contributed by atoms with van der Waals surface area (Å²) in [6, 6.07) is 29.0. The van der Waals surface area contributed by atoms with Crippen LogP contribution in [0.1, 0.15) is 83.7 Å². The molecular formula is C65H79N11O10. The van der Waals surface area contributed by atoms with E-state index >= 15 is 0 Å². The first-order valence-corrected chi connectivity index (χ1v) is 28.8. The van der Waals surface area contributed by atoms with Gasteiger partial charge in [-0.2, -0.15) is 0 Å². The molecule has 0 saturated carbocycles. The van der Waals surface area contributed by atoms with Crippen LogP contribution in [-0.2, 0) is 22.3 Å². The fraction of sp³-hybridized carbons (Fsp3) is 0.385. The summed E-state index contributed by atoms with van der Waals surface area (Å²) in [6.07, 6.45) is 6.91. The number of aromatic carboxylic acids is 1. The molecule has 0 radical (unpaired) electrons. The number of aromatic nitrogens is 3. The third-order valence-corrected chi connectivity index (χ3v) is 14.4. The highest BCUT2D eigenvalue weighted by molar-refractivity contribution is 6.00. The van der Waals surface area contributed by atoms with E-state index in [0.29, 0.717) is 45.1 Å². The van der Waals surface area contributed by atoms with Crippen molar-refractivity contribution < 1.29 is 47.4 Å². The number of ketones is 2. The summed E-state index contributed by atoms with van der Waals surface area (Å²) in [5, 5.41) is 14.3. The van der Waals surface area contributed by atoms with Crippen LogP contribution in [0.15, 0.2) is 137 Å². The Balaban J connectivity index is 0.000000179. The highest BCUT2D eigenvalue weighted by atomic mass is 16.6. The SMILES string of the molecule is CN1CCN(c2ccc(C(=O)Cc3cc(-c4ccco4)ccc3NC(=O)OC(C)(C)C)cn2)CC1.CN1CCN(c2ccc(C(=O)Cc3cc(-c4ccco4)ccc3NC(=O)OC(C)(C)C)cn2)CC1.CN1CCN(c2ccc(C(=O)O)cn2)CC1. The van der Waals surface area contributed by atoms with Crippen LogP contribution in [-0.4, -0.2) is 175 Å². The van der Waals surface area contributed by atoms with Crippen molar-refractivity contribution in [1.29, 1.82) is 0 Å². The fourth-order valence-electron chi connectivity index (χ4n) is 9.58. The number of rotatable bonds is 14. The van der Waals surface area contributed by atoms with Crippen molar-refractivity contribution in [2.24, 2.45) is 0 Å². The number of nitrogens with zero attached hydrogens (tertiary/aromatic N) is 9. The second-order valence-electron chi connectivity index (χ2n) is 23.5.